The zero-order valence-electron chi connectivity index (χ0n) is 21.4. The van der Waals surface area contributed by atoms with E-state index in [9.17, 15) is 18.0 Å². The highest BCUT2D eigenvalue weighted by Gasteiger charge is 2.47. The number of piperazine rings is 1. The maximum atomic E-state index is 12.9. The van der Waals surface area contributed by atoms with Gasteiger partial charge in [0.1, 0.15) is 5.82 Å². The third-order valence-electron chi connectivity index (χ3n) is 6.54. The molecule has 3 heterocycles. The van der Waals surface area contributed by atoms with E-state index in [-0.39, 0.29) is 11.8 Å². The molecule has 195 valence electrons. The number of likely N-dealkylation sites (N-methyl/N-ethyl adjacent to an activating group) is 1. The second-order valence-electron chi connectivity index (χ2n) is 9.02. The van der Waals surface area contributed by atoms with Gasteiger partial charge in [-0.05, 0) is 11.6 Å². The summed E-state index contributed by atoms with van der Waals surface area (Å²) >= 11 is 0. The first-order chi connectivity index (χ1) is 17.7. The zero-order valence-corrected chi connectivity index (χ0v) is 21.4. The minimum Gasteiger partial charge on any atom is -0.355 e. The number of hydrogen-bond donors (Lipinski definition) is 0. The van der Waals surface area contributed by atoms with Crippen LogP contribution in [0, 0.1) is 5.92 Å². The summed E-state index contributed by atoms with van der Waals surface area (Å²) in [5.41, 5.74) is 3.52. The molecule has 2 aliphatic heterocycles. The van der Waals surface area contributed by atoms with Gasteiger partial charge in [0, 0.05) is 62.9 Å². The van der Waals surface area contributed by atoms with E-state index in [1.54, 1.807) is 17.0 Å². The van der Waals surface area contributed by atoms with Crippen LogP contribution >= 0.6 is 0 Å². The molecule has 0 bridgehead atoms. The van der Waals surface area contributed by atoms with E-state index in [1.165, 1.54) is 6.08 Å². The van der Waals surface area contributed by atoms with Gasteiger partial charge in [-0.3, -0.25) is 4.79 Å². The maximum Gasteiger partial charge on any atom is 0.413 e. The lowest BCUT2D eigenvalue weighted by Crippen LogP contribution is -2.49. The fourth-order valence-corrected chi connectivity index (χ4v) is 4.68. The van der Waals surface area contributed by atoms with E-state index in [1.807, 2.05) is 37.9 Å². The van der Waals surface area contributed by atoms with E-state index in [4.69, 9.17) is 9.97 Å². The first-order valence-corrected chi connectivity index (χ1v) is 12.4. The highest BCUT2D eigenvalue weighted by molar-refractivity contribution is 5.87. The molecule has 0 atom stereocenters. The van der Waals surface area contributed by atoms with Crippen molar-refractivity contribution >= 4 is 17.7 Å². The number of nitrogens with zero attached hydrogens (tertiary/aromatic N) is 5. The standard InChI is InChI=1S/C26H25F3N5O.C2H6/c1-4-22(35)33-9-11-34(12-10-33)25-30-23(20-13-16(2)15-32(3)24(20)31-25)18-7-5-17(6-8-18)19-14-21(19)26(27,28)29;1-2/h4-8,14H,1-2,9-13,15H2,3H3;1-2H3. The van der Waals surface area contributed by atoms with Crippen LogP contribution in [0.15, 0.2) is 60.7 Å². The number of anilines is 2. The largest absolute Gasteiger partial charge is 0.413 e. The SMILES string of the molecule is C=CC(=O)N1CCN(c2nc(-c3ccc([C]4C=C4C(F)(F)F)cc3)c3c(n2)N(C)CC(=C)C3)CC1.CC. The average Bonchev–Trinajstić information content (AvgIpc) is 3.71. The number of hydrogen-bond acceptors (Lipinski definition) is 5. The molecule has 1 saturated heterocycles. The van der Waals surface area contributed by atoms with E-state index >= 15 is 0 Å². The van der Waals surface area contributed by atoms with Crippen molar-refractivity contribution in [3.63, 3.8) is 0 Å². The van der Waals surface area contributed by atoms with Crippen molar-refractivity contribution in [1.82, 2.24) is 14.9 Å². The molecule has 1 radical (unpaired) electrons. The Balaban J connectivity index is 0.00000156. The molecule has 0 unspecified atom stereocenters. The molecule has 0 saturated carbocycles. The van der Waals surface area contributed by atoms with E-state index in [0.717, 1.165) is 34.3 Å². The lowest BCUT2D eigenvalue weighted by atomic mass is 9.95. The summed E-state index contributed by atoms with van der Waals surface area (Å²) in [6.45, 7) is 14.7. The third-order valence-corrected chi connectivity index (χ3v) is 6.54. The average molecular weight is 511 g/mol. The Kier molecular flexibility index (Phi) is 7.43. The first-order valence-electron chi connectivity index (χ1n) is 12.4. The lowest BCUT2D eigenvalue weighted by molar-refractivity contribution is -0.126. The fraction of sp³-hybridized carbons (Fsp3) is 0.357. The molecular formula is C28H31F3N5O. The van der Waals surface area contributed by atoms with Gasteiger partial charge in [-0.1, -0.05) is 62.9 Å². The number of allylic oxidation sites excluding steroid dienone is 2. The summed E-state index contributed by atoms with van der Waals surface area (Å²) in [6.07, 6.45) is -1.20. The van der Waals surface area contributed by atoms with Gasteiger partial charge in [-0.25, -0.2) is 4.98 Å². The summed E-state index contributed by atoms with van der Waals surface area (Å²) < 4.78 is 38.8. The number of carbonyl (C=O) groups excluding carboxylic acids is 1. The summed E-state index contributed by atoms with van der Waals surface area (Å²) in [5, 5.41) is 0. The molecule has 5 rings (SSSR count). The summed E-state index contributed by atoms with van der Waals surface area (Å²) in [7, 11) is 1.96. The Morgan fingerprint density at radius 2 is 1.65 bits per heavy atom. The van der Waals surface area contributed by atoms with Crippen molar-refractivity contribution in [1.29, 1.82) is 0 Å². The first kappa shape index (κ1) is 26.4. The van der Waals surface area contributed by atoms with Crippen molar-refractivity contribution in [2.24, 2.45) is 0 Å². The van der Waals surface area contributed by atoms with Gasteiger partial charge >= 0.3 is 6.18 Å². The molecule has 37 heavy (non-hydrogen) atoms. The Morgan fingerprint density at radius 3 is 2.22 bits per heavy atom. The lowest BCUT2D eigenvalue weighted by Gasteiger charge is -2.36. The van der Waals surface area contributed by atoms with Crippen LogP contribution in [-0.4, -0.2) is 66.7 Å². The number of aromatic nitrogens is 2. The molecule has 2 aromatic rings. The number of carbonyl (C=O) groups is 1. The molecule has 0 spiro atoms. The normalized spacial score (nSPS) is 17.5. The van der Waals surface area contributed by atoms with E-state index < -0.39 is 11.7 Å². The highest BCUT2D eigenvalue weighted by atomic mass is 19.4. The van der Waals surface area contributed by atoms with Gasteiger partial charge in [0.25, 0.3) is 0 Å². The van der Waals surface area contributed by atoms with Crippen LogP contribution in [-0.2, 0) is 11.2 Å². The predicted molar refractivity (Wildman–Crippen MR) is 140 cm³/mol. The minimum absolute atomic E-state index is 0.0910. The quantitative estimate of drug-likeness (QED) is 0.429. The molecule has 6 nitrogen and oxygen atoms in total. The van der Waals surface area contributed by atoms with Crippen LogP contribution < -0.4 is 9.80 Å². The van der Waals surface area contributed by atoms with Crippen LogP contribution in [0.4, 0.5) is 24.9 Å². The van der Waals surface area contributed by atoms with Crippen LogP contribution in [0.5, 0.6) is 0 Å². The third kappa shape index (κ3) is 5.40. The topological polar surface area (TPSA) is 52.6 Å². The summed E-state index contributed by atoms with van der Waals surface area (Å²) in [5.74, 6) is 1.54. The van der Waals surface area contributed by atoms with Crippen molar-refractivity contribution in [3.05, 3.63) is 77.8 Å². The maximum absolute atomic E-state index is 12.9. The van der Waals surface area contributed by atoms with Crippen LogP contribution in [0.2, 0.25) is 0 Å². The Bertz CT molecular complexity index is 1230. The number of alkyl halides is 3. The molecule has 1 aliphatic carbocycles. The van der Waals surface area contributed by atoms with Gasteiger partial charge in [0.2, 0.25) is 11.9 Å². The zero-order chi connectivity index (χ0) is 26.9. The fourth-order valence-electron chi connectivity index (χ4n) is 4.68. The number of benzene rings is 1. The van der Waals surface area contributed by atoms with Gasteiger partial charge in [-0.2, -0.15) is 18.2 Å². The van der Waals surface area contributed by atoms with Gasteiger partial charge < -0.3 is 14.7 Å². The van der Waals surface area contributed by atoms with Crippen molar-refractivity contribution in [3.8, 4) is 11.3 Å². The van der Waals surface area contributed by atoms with Gasteiger partial charge in [0.15, 0.2) is 0 Å². The molecule has 3 aliphatic rings. The molecule has 1 aromatic heterocycles. The van der Waals surface area contributed by atoms with Crippen molar-refractivity contribution in [2.75, 3.05) is 49.6 Å². The summed E-state index contributed by atoms with van der Waals surface area (Å²) in [4.78, 5) is 27.6. The Labute approximate surface area is 215 Å². The Hall–Kier alpha value is -3.62. The van der Waals surface area contributed by atoms with Crippen molar-refractivity contribution < 1.29 is 18.0 Å². The number of halogens is 3. The molecule has 0 N–H and O–H groups in total. The molecular weight excluding hydrogens is 479 g/mol. The van der Waals surface area contributed by atoms with Gasteiger partial charge in [-0.15, -0.1) is 0 Å². The van der Waals surface area contributed by atoms with E-state index in [2.05, 4.69) is 18.1 Å². The predicted octanol–water partition coefficient (Wildman–Crippen LogP) is 4.98. The van der Waals surface area contributed by atoms with Crippen LogP contribution in [0.1, 0.15) is 25.0 Å². The van der Waals surface area contributed by atoms with Crippen LogP contribution in [0.25, 0.3) is 11.3 Å². The van der Waals surface area contributed by atoms with Crippen molar-refractivity contribution in [2.45, 2.75) is 26.4 Å². The monoisotopic (exact) mass is 510 g/mol. The second-order valence-corrected chi connectivity index (χ2v) is 9.02. The second kappa shape index (κ2) is 10.4. The molecule has 1 amide bonds. The van der Waals surface area contributed by atoms with Crippen LogP contribution in [0.3, 0.4) is 0 Å². The number of rotatable bonds is 4. The minimum atomic E-state index is -4.32. The number of fused-ring (bicyclic) bond motifs is 1. The molecule has 1 fully saturated rings. The Morgan fingerprint density at radius 1 is 1.03 bits per heavy atom. The molecule has 1 aromatic carbocycles. The molecule has 9 heteroatoms. The number of amides is 1. The van der Waals surface area contributed by atoms with Gasteiger partial charge in [0.05, 0.1) is 11.6 Å². The van der Waals surface area contributed by atoms with E-state index in [0.29, 0.717) is 50.7 Å². The summed E-state index contributed by atoms with van der Waals surface area (Å²) in [6, 6.07) is 7.03. The smallest absolute Gasteiger partial charge is 0.355 e. The highest BCUT2D eigenvalue weighted by Crippen LogP contribution is 2.48.